The number of hydrogen-bond donors (Lipinski definition) is 0. The van der Waals surface area contributed by atoms with E-state index in [1.807, 2.05) is 12.1 Å². The molecule has 0 aliphatic heterocycles. The van der Waals surface area contributed by atoms with E-state index in [1.54, 1.807) is 26.5 Å². The summed E-state index contributed by atoms with van der Waals surface area (Å²) in [6.45, 7) is 0. The third-order valence-corrected chi connectivity index (χ3v) is 1.68. The first-order chi connectivity index (χ1) is 6.80. The van der Waals surface area contributed by atoms with E-state index in [2.05, 4.69) is 9.99 Å². The van der Waals surface area contributed by atoms with Crippen molar-refractivity contribution in [2.45, 2.75) is 0 Å². The average molecular weight is 195 g/mol. The van der Waals surface area contributed by atoms with Gasteiger partial charge in [0.05, 0.1) is 20.4 Å². The molecule has 0 saturated carbocycles. The zero-order valence-corrected chi connectivity index (χ0v) is 8.48. The van der Waals surface area contributed by atoms with Crippen molar-refractivity contribution in [3.8, 4) is 11.5 Å². The zero-order valence-electron chi connectivity index (χ0n) is 8.48. The molecule has 0 unspecified atom stereocenters. The van der Waals surface area contributed by atoms with Crippen LogP contribution < -0.4 is 9.47 Å². The maximum Gasteiger partial charge on any atom is 0.123 e. The quantitative estimate of drug-likeness (QED) is 0.542. The van der Waals surface area contributed by atoms with Gasteiger partial charge in [-0.25, -0.2) is 0 Å². The summed E-state index contributed by atoms with van der Waals surface area (Å²) in [4.78, 5) is 4.58. The van der Waals surface area contributed by atoms with Crippen molar-refractivity contribution in [3.05, 3.63) is 23.8 Å². The fraction of sp³-hybridized carbons (Fsp3) is 0.300. The summed E-state index contributed by atoms with van der Waals surface area (Å²) in [6.07, 6.45) is 1.59. The van der Waals surface area contributed by atoms with E-state index in [0.717, 1.165) is 17.1 Å². The highest BCUT2D eigenvalue weighted by molar-refractivity contribution is 5.80. The fourth-order valence-corrected chi connectivity index (χ4v) is 1.02. The number of hydrogen-bond acceptors (Lipinski definition) is 4. The second kappa shape index (κ2) is 5.11. The Hall–Kier alpha value is -1.71. The molecular formula is C10H13NO3. The third-order valence-electron chi connectivity index (χ3n) is 1.68. The largest absolute Gasteiger partial charge is 0.497 e. The molecule has 0 saturated heterocycles. The van der Waals surface area contributed by atoms with Gasteiger partial charge in [-0.3, -0.25) is 0 Å². The van der Waals surface area contributed by atoms with E-state index in [4.69, 9.17) is 9.47 Å². The molecule has 0 amide bonds. The van der Waals surface area contributed by atoms with Gasteiger partial charge in [0.15, 0.2) is 0 Å². The van der Waals surface area contributed by atoms with Crippen LogP contribution in [0.3, 0.4) is 0 Å². The maximum absolute atomic E-state index is 5.09. The molecule has 0 radical (unpaired) electrons. The minimum Gasteiger partial charge on any atom is -0.497 e. The molecule has 0 heterocycles. The number of rotatable bonds is 4. The molecule has 0 spiro atoms. The summed E-state index contributed by atoms with van der Waals surface area (Å²) in [7, 11) is 4.70. The van der Waals surface area contributed by atoms with Crippen LogP contribution in [-0.4, -0.2) is 27.5 Å². The maximum atomic E-state index is 5.09. The van der Waals surface area contributed by atoms with Crippen molar-refractivity contribution >= 4 is 6.21 Å². The minimum atomic E-state index is 0.724. The smallest absolute Gasteiger partial charge is 0.123 e. The highest BCUT2D eigenvalue weighted by Crippen LogP contribution is 2.21. The highest BCUT2D eigenvalue weighted by atomic mass is 16.6. The van der Waals surface area contributed by atoms with Gasteiger partial charge in [-0.1, -0.05) is 5.16 Å². The second-order valence-corrected chi connectivity index (χ2v) is 2.56. The van der Waals surface area contributed by atoms with Crippen LogP contribution in [0.2, 0.25) is 0 Å². The third kappa shape index (κ3) is 2.65. The normalized spacial score (nSPS) is 10.2. The van der Waals surface area contributed by atoms with Gasteiger partial charge < -0.3 is 14.3 Å². The van der Waals surface area contributed by atoms with Gasteiger partial charge >= 0.3 is 0 Å². The highest BCUT2D eigenvalue weighted by Gasteiger charge is 1.99. The summed E-state index contributed by atoms with van der Waals surface area (Å²) in [5.74, 6) is 1.45. The predicted octanol–water partition coefficient (Wildman–Crippen LogP) is 1.68. The molecule has 14 heavy (non-hydrogen) atoms. The molecular weight excluding hydrogens is 182 g/mol. The Bertz CT molecular complexity index is 301. The summed E-state index contributed by atoms with van der Waals surface area (Å²) >= 11 is 0. The van der Waals surface area contributed by atoms with Gasteiger partial charge in [-0.2, -0.15) is 0 Å². The van der Waals surface area contributed by atoms with Crippen molar-refractivity contribution in [3.63, 3.8) is 0 Å². The van der Waals surface area contributed by atoms with E-state index < -0.39 is 0 Å². The molecule has 0 aliphatic rings. The lowest BCUT2D eigenvalue weighted by Gasteiger charge is -2.04. The van der Waals surface area contributed by atoms with Crippen molar-refractivity contribution in [1.29, 1.82) is 0 Å². The molecule has 0 aliphatic carbocycles. The predicted molar refractivity (Wildman–Crippen MR) is 54.1 cm³/mol. The summed E-state index contributed by atoms with van der Waals surface area (Å²) in [6, 6.07) is 5.47. The molecule has 1 rings (SSSR count). The Kier molecular flexibility index (Phi) is 3.79. The van der Waals surface area contributed by atoms with E-state index in [-0.39, 0.29) is 0 Å². The first kappa shape index (κ1) is 10.4. The van der Waals surface area contributed by atoms with Crippen LogP contribution in [0.5, 0.6) is 11.5 Å². The molecule has 76 valence electrons. The lowest BCUT2D eigenvalue weighted by Crippen LogP contribution is -1.90. The minimum absolute atomic E-state index is 0.724. The SMILES string of the molecule is CON=Cc1cc(OC)cc(OC)c1. The standard InChI is InChI=1S/C10H13NO3/c1-12-9-4-8(7-11-14-3)5-10(6-9)13-2/h4-7H,1-3H3. The summed E-state index contributed by atoms with van der Waals surface area (Å²) in [5.41, 5.74) is 0.864. The van der Waals surface area contributed by atoms with Gasteiger partial charge in [0.25, 0.3) is 0 Å². The average Bonchev–Trinajstić information content (AvgIpc) is 2.25. The Morgan fingerprint density at radius 3 is 2.00 bits per heavy atom. The molecule has 4 heteroatoms. The Morgan fingerprint density at radius 1 is 1.00 bits per heavy atom. The van der Waals surface area contributed by atoms with Crippen molar-refractivity contribution in [2.24, 2.45) is 5.16 Å². The molecule has 0 fully saturated rings. The van der Waals surface area contributed by atoms with E-state index >= 15 is 0 Å². The molecule has 0 bridgehead atoms. The van der Waals surface area contributed by atoms with Crippen LogP contribution >= 0.6 is 0 Å². The van der Waals surface area contributed by atoms with Crippen LogP contribution in [0, 0.1) is 0 Å². The van der Waals surface area contributed by atoms with Gasteiger partial charge in [0.1, 0.15) is 18.6 Å². The van der Waals surface area contributed by atoms with Gasteiger partial charge in [-0.05, 0) is 12.1 Å². The molecule has 0 aromatic heterocycles. The van der Waals surface area contributed by atoms with E-state index in [9.17, 15) is 0 Å². The van der Waals surface area contributed by atoms with E-state index in [0.29, 0.717) is 0 Å². The van der Waals surface area contributed by atoms with Crippen LogP contribution in [-0.2, 0) is 4.84 Å². The molecule has 0 N–H and O–H groups in total. The Morgan fingerprint density at radius 2 is 1.57 bits per heavy atom. The van der Waals surface area contributed by atoms with Gasteiger partial charge in [-0.15, -0.1) is 0 Å². The number of ether oxygens (including phenoxy) is 2. The molecule has 0 atom stereocenters. The fourth-order valence-electron chi connectivity index (χ4n) is 1.02. The van der Waals surface area contributed by atoms with Crippen molar-refractivity contribution < 1.29 is 14.3 Å². The lowest BCUT2D eigenvalue weighted by molar-refractivity contribution is 0.215. The Balaban J connectivity index is 2.98. The number of benzene rings is 1. The second-order valence-electron chi connectivity index (χ2n) is 2.56. The lowest BCUT2D eigenvalue weighted by atomic mass is 10.2. The van der Waals surface area contributed by atoms with E-state index in [1.165, 1.54) is 7.11 Å². The first-order valence-electron chi connectivity index (χ1n) is 4.09. The summed E-state index contributed by atoms with van der Waals surface area (Å²) < 4.78 is 10.2. The summed E-state index contributed by atoms with van der Waals surface area (Å²) in [5, 5.41) is 3.66. The van der Waals surface area contributed by atoms with Crippen LogP contribution in [0.4, 0.5) is 0 Å². The van der Waals surface area contributed by atoms with Crippen molar-refractivity contribution in [2.75, 3.05) is 21.3 Å². The monoisotopic (exact) mass is 195 g/mol. The van der Waals surface area contributed by atoms with Gasteiger partial charge in [0.2, 0.25) is 0 Å². The molecule has 4 nitrogen and oxygen atoms in total. The zero-order chi connectivity index (χ0) is 10.4. The first-order valence-corrected chi connectivity index (χ1v) is 4.09. The number of methoxy groups -OCH3 is 2. The van der Waals surface area contributed by atoms with Crippen molar-refractivity contribution in [1.82, 2.24) is 0 Å². The number of oxime groups is 1. The van der Waals surface area contributed by atoms with Crippen LogP contribution in [0.25, 0.3) is 0 Å². The van der Waals surface area contributed by atoms with Crippen LogP contribution in [0.1, 0.15) is 5.56 Å². The van der Waals surface area contributed by atoms with Gasteiger partial charge in [0, 0.05) is 11.6 Å². The molecule has 1 aromatic rings. The number of nitrogens with zero attached hydrogens (tertiary/aromatic N) is 1. The van der Waals surface area contributed by atoms with Crippen LogP contribution in [0.15, 0.2) is 23.4 Å². The topological polar surface area (TPSA) is 40.0 Å². The molecule has 1 aromatic carbocycles. The Labute approximate surface area is 83.1 Å².